The molecule has 0 unspecified atom stereocenters. The average molecular weight is 271 g/mol. The van der Waals surface area contributed by atoms with E-state index in [0.29, 0.717) is 16.5 Å². The van der Waals surface area contributed by atoms with Gasteiger partial charge in [0.2, 0.25) is 0 Å². The first-order valence-electron chi connectivity index (χ1n) is 4.46. The van der Waals surface area contributed by atoms with E-state index in [0.717, 1.165) is 12.0 Å². The highest BCUT2D eigenvalue weighted by atomic mass is 35.5. The van der Waals surface area contributed by atoms with Gasteiger partial charge in [0.1, 0.15) is 0 Å². The summed E-state index contributed by atoms with van der Waals surface area (Å²) in [5.41, 5.74) is 6.80. The molecule has 0 aliphatic heterocycles. The summed E-state index contributed by atoms with van der Waals surface area (Å²) in [5.74, 6) is 0. The van der Waals surface area contributed by atoms with Gasteiger partial charge in [0.05, 0.1) is 0 Å². The number of hydrogen-bond donors (Lipinski definition) is 2. The first kappa shape index (κ1) is 15.0. The van der Waals surface area contributed by atoms with E-state index >= 15 is 0 Å². The molecular formula is C10H14Cl3NO. The average Bonchev–Trinajstić information content (AvgIpc) is 2.12. The van der Waals surface area contributed by atoms with Crippen LogP contribution >= 0.6 is 35.6 Å². The predicted molar refractivity (Wildman–Crippen MR) is 67.0 cm³/mol. The van der Waals surface area contributed by atoms with Crippen molar-refractivity contribution in [1.29, 1.82) is 0 Å². The van der Waals surface area contributed by atoms with Crippen molar-refractivity contribution in [1.82, 2.24) is 0 Å². The van der Waals surface area contributed by atoms with Gasteiger partial charge in [-0.1, -0.05) is 23.2 Å². The van der Waals surface area contributed by atoms with Crippen LogP contribution in [0.25, 0.3) is 0 Å². The van der Waals surface area contributed by atoms with E-state index in [-0.39, 0.29) is 25.1 Å². The van der Waals surface area contributed by atoms with E-state index in [1.807, 2.05) is 0 Å². The number of benzene rings is 1. The molecule has 86 valence electrons. The van der Waals surface area contributed by atoms with Crippen LogP contribution in [0.5, 0.6) is 0 Å². The minimum Gasteiger partial charge on any atom is -0.396 e. The lowest BCUT2D eigenvalue weighted by atomic mass is 10.0. The Morgan fingerprint density at radius 1 is 1.20 bits per heavy atom. The molecule has 1 atom stereocenters. The van der Waals surface area contributed by atoms with Crippen LogP contribution < -0.4 is 5.73 Å². The molecule has 0 saturated heterocycles. The van der Waals surface area contributed by atoms with Crippen LogP contribution in [0.15, 0.2) is 18.2 Å². The normalized spacial score (nSPS) is 12.0. The van der Waals surface area contributed by atoms with Gasteiger partial charge in [0.15, 0.2) is 0 Å². The lowest BCUT2D eigenvalue weighted by Gasteiger charge is -2.11. The third-order valence-corrected chi connectivity index (χ3v) is 2.42. The lowest BCUT2D eigenvalue weighted by molar-refractivity contribution is 0.280. The maximum absolute atomic E-state index is 8.66. The fourth-order valence-corrected chi connectivity index (χ4v) is 1.81. The van der Waals surface area contributed by atoms with Crippen molar-refractivity contribution in [3.8, 4) is 0 Å². The van der Waals surface area contributed by atoms with Gasteiger partial charge in [0.25, 0.3) is 0 Å². The maximum Gasteiger partial charge on any atom is 0.0431 e. The summed E-state index contributed by atoms with van der Waals surface area (Å²) in [7, 11) is 0. The van der Waals surface area contributed by atoms with Gasteiger partial charge in [-0.05, 0) is 36.6 Å². The largest absolute Gasteiger partial charge is 0.396 e. The molecule has 0 fully saturated rings. The van der Waals surface area contributed by atoms with Gasteiger partial charge in [-0.2, -0.15) is 0 Å². The van der Waals surface area contributed by atoms with Crippen molar-refractivity contribution in [2.45, 2.75) is 18.9 Å². The summed E-state index contributed by atoms with van der Waals surface area (Å²) in [5, 5.41) is 9.84. The van der Waals surface area contributed by atoms with Crippen molar-refractivity contribution in [2.75, 3.05) is 6.61 Å². The van der Waals surface area contributed by atoms with Gasteiger partial charge in [-0.15, -0.1) is 12.4 Å². The molecule has 0 aliphatic carbocycles. The van der Waals surface area contributed by atoms with E-state index < -0.39 is 0 Å². The molecule has 0 radical (unpaired) electrons. The molecule has 0 aliphatic rings. The third-order valence-electron chi connectivity index (χ3n) is 1.99. The number of hydrogen-bond acceptors (Lipinski definition) is 2. The Kier molecular flexibility index (Phi) is 7.32. The van der Waals surface area contributed by atoms with E-state index in [9.17, 15) is 0 Å². The second-order valence-corrected chi connectivity index (χ2v) is 4.05. The van der Waals surface area contributed by atoms with Crippen LogP contribution in [0.3, 0.4) is 0 Å². The van der Waals surface area contributed by atoms with Gasteiger partial charge in [0, 0.05) is 22.7 Å². The molecule has 0 amide bonds. The molecule has 0 saturated carbocycles. The highest BCUT2D eigenvalue weighted by molar-refractivity contribution is 6.34. The Morgan fingerprint density at radius 2 is 1.73 bits per heavy atom. The highest BCUT2D eigenvalue weighted by Gasteiger charge is 2.07. The number of rotatable bonds is 4. The van der Waals surface area contributed by atoms with E-state index in [4.69, 9.17) is 34.0 Å². The quantitative estimate of drug-likeness (QED) is 0.883. The van der Waals surface area contributed by atoms with E-state index in [1.54, 1.807) is 18.2 Å². The SMILES string of the molecule is Cl.N[C@H](CCCO)c1cc(Cl)cc(Cl)c1. The van der Waals surface area contributed by atoms with E-state index in [1.165, 1.54) is 0 Å². The third kappa shape index (κ3) is 5.05. The van der Waals surface area contributed by atoms with Crippen LogP contribution in [0.2, 0.25) is 10.0 Å². The highest BCUT2D eigenvalue weighted by Crippen LogP contribution is 2.24. The van der Waals surface area contributed by atoms with Crippen LogP contribution in [-0.4, -0.2) is 11.7 Å². The molecule has 3 N–H and O–H groups in total. The van der Waals surface area contributed by atoms with Crippen LogP contribution in [0, 0.1) is 0 Å². The number of nitrogens with two attached hydrogens (primary N) is 1. The van der Waals surface area contributed by atoms with Crippen molar-refractivity contribution in [3.05, 3.63) is 33.8 Å². The molecule has 0 bridgehead atoms. The van der Waals surface area contributed by atoms with Crippen LogP contribution in [0.4, 0.5) is 0 Å². The minimum absolute atomic E-state index is 0. The predicted octanol–water partition coefficient (Wildman–Crippen LogP) is 3.19. The molecule has 1 aromatic carbocycles. The summed E-state index contributed by atoms with van der Waals surface area (Å²) >= 11 is 11.7. The Bertz CT molecular complexity index is 286. The minimum atomic E-state index is -0.113. The van der Waals surface area contributed by atoms with Gasteiger partial charge >= 0.3 is 0 Å². The lowest BCUT2D eigenvalue weighted by Crippen LogP contribution is -2.10. The Balaban J connectivity index is 0.00000196. The molecule has 15 heavy (non-hydrogen) atoms. The first-order chi connectivity index (χ1) is 6.63. The number of aliphatic hydroxyl groups is 1. The summed E-state index contributed by atoms with van der Waals surface area (Å²) in [4.78, 5) is 0. The van der Waals surface area contributed by atoms with Gasteiger partial charge in [-0.25, -0.2) is 0 Å². The molecular weight excluding hydrogens is 256 g/mol. The van der Waals surface area contributed by atoms with Gasteiger partial charge < -0.3 is 10.8 Å². The first-order valence-corrected chi connectivity index (χ1v) is 5.21. The molecule has 0 aromatic heterocycles. The number of aliphatic hydroxyl groups excluding tert-OH is 1. The molecule has 0 heterocycles. The zero-order valence-electron chi connectivity index (χ0n) is 8.12. The maximum atomic E-state index is 8.66. The Hall–Kier alpha value is 0.01000. The van der Waals surface area contributed by atoms with Crippen molar-refractivity contribution >= 4 is 35.6 Å². The Morgan fingerprint density at radius 3 is 2.20 bits per heavy atom. The summed E-state index contributed by atoms with van der Waals surface area (Å²) in [6.07, 6.45) is 1.42. The van der Waals surface area contributed by atoms with Crippen molar-refractivity contribution in [2.24, 2.45) is 5.73 Å². The van der Waals surface area contributed by atoms with Crippen LogP contribution in [-0.2, 0) is 0 Å². The molecule has 5 heteroatoms. The standard InChI is InChI=1S/C10H13Cl2NO.ClH/c11-8-4-7(5-9(12)6-8)10(13)2-1-3-14;/h4-6,10,14H,1-3,13H2;1H/t10-;/m1./s1. The topological polar surface area (TPSA) is 46.2 Å². The second kappa shape index (κ2) is 7.31. The molecule has 0 spiro atoms. The fourth-order valence-electron chi connectivity index (χ4n) is 1.27. The molecule has 2 nitrogen and oxygen atoms in total. The Labute approximate surface area is 106 Å². The van der Waals surface area contributed by atoms with Gasteiger partial charge in [-0.3, -0.25) is 0 Å². The van der Waals surface area contributed by atoms with Crippen molar-refractivity contribution in [3.63, 3.8) is 0 Å². The number of halogens is 3. The summed E-state index contributed by atoms with van der Waals surface area (Å²) in [6.45, 7) is 0.155. The molecule has 1 rings (SSSR count). The monoisotopic (exact) mass is 269 g/mol. The van der Waals surface area contributed by atoms with Crippen molar-refractivity contribution < 1.29 is 5.11 Å². The zero-order valence-corrected chi connectivity index (χ0v) is 10.4. The van der Waals surface area contributed by atoms with Crippen LogP contribution in [0.1, 0.15) is 24.4 Å². The fraction of sp³-hybridized carbons (Fsp3) is 0.400. The smallest absolute Gasteiger partial charge is 0.0431 e. The zero-order chi connectivity index (χ0) is 10.6. The summed E-state index contributed by atoms with van der Waals surface area (Å²) in [6, 6.07) is 5.16. The summed E-state index contributed by atoms with van der Waals surface area (Å²) < 4.78 is 0. The van der Waals surface area contributed by atoms with E-state index in [2.05, 4.69) is 0 Å². The molecule has 1 aromatic rings. The second-order valence-electron chi connectivity index (χ2n) is 3.18.